The lowest BCUT2D eigenvalue weighted by molar-refractivity contribution is 0.270. The Hall–Kier alpha value is -1.82. The van der Waals surface area contributed by atoms with Gasteiger partial charge in [-0.05, 0) is 22.7 Å². The van der Waals surface area contributed by atoms with Crippen molar-refractivity contribution in [3.63, 3.8) is 0 Å². The molecule has 2 aromatic carbocycles. The van der Waals surface area contributed by atoms with Crippen LogP contribution in [0.1, 0.15) is 16.7 Å². The highest BCUT2D eigenvalue weighted by atomic mass is 16.5. The third kappa shape index (κ3) is 2.95. The molecule has 3 rings (SSSR count). The summed E-state index contributed by atoms with van der Waals surface area (Å²) in [7, 11) is 0.178. The summed E-state index contributed by atoms with van der Waals surface area (Å²) in [5.74, 6) is 0.773. The summed E-state index contributed by atoms with van der Waals surface area (Å²) in [6, 6.07) is 13.7. The molecule has 2 N–H and O–H groups in total. The van der Waals surface area contributed by atoms with Crippen LogP contribution in [0.15, 0.2) is 42.5 Å². The Balaban J connectivity index is 1.81. The highest BCUT2D eigenvalue weighted by Crippen LogP contribution is 2.26. The Labute approximate surface area is 124 Å². The first-order valence-corrected chi connectivity index (χ1v) is 6.99. The number of ether oxygens (including phenoxy) is 1. The molecule has 0 saturated carbocycles. The number of hydrogen-bond acceptors (Lipinski definition) is 4. The average molecular weight is 283 g/mol. The van der Waals surface area contributed by atoms with Crippen LogP contribution in [-0.2, 0) is 19.6 Å². The van der Waals surface area contributed by atoms with Crippen molar-refractivity contribution in [3.05, 3.63) is 59.2 Å². The molecule has 0 saturated heterocycles. The zero-order valence-corrected chi connectivity index (χ0v) is 12.0. The molecule has 1 aliphatic heterocycles. The molecule has 0 fully saturated rings. The van der Waals surface area contributed by atoms with Crippen molar-refractivity contribution < 1.29 is 14.8 Å². The standard InChI is InChI=1S/C16H18BNO3/c1-21-16-7-6-15(17(19)20)8-14(16)11-18-9-12-4-2-3-5-13(12)10-18/h2-8,19-20H,9-11H2,1H3. The van der Waals surface area contributed by atoms with Gasteiger partial charge in [0.05, 0.1) is 7.11 Å². The van der Waals surface area contributed by atoms with E-state index < -0.39 is 7.12 Å². The molecule has 1 aliphatic rings. The second kappa shape index (κ2) is 5.89. The van der Waals surface area contributed by atoms with Gasteiger partial charge in [0.25, 0.3) is 0 Å². The number of benzene rings is 2. The van der Waals surface area contributed by atoms with Gasteiger partial charge in [0.15, 0.2) is 0 Å². The van der Waals surface area contributed by atoms with Crippen LogP contribution in [0.2, 0.25) is 0 Å². The molecule has 2 aromatic rings. The van der Waals surface area contributed by atoms with Gasteiger partial charge in [0, 0.05) is 25.2 Å². The fourth-order valence-corrected chi connectivity index (χ4v) is 2.84. The number of fused-ring (bicyclic) bond motifs is 1. The molecule has 0 aliphatic carbocycles. The Kier molecular flexibility index (Phi) is 3.97. The fourth-order valence-electron chi connectivity index (χ4n) is 2.84. The van der Waals surface area contributed by atoms with Crippen LogP contribution in [-0.4, -0.2) is 29.2 Å². The maximum Gasteiger partial charge on any atom is 0.488 e. The molecule has 1 heterocycles. The molecule has 0 amide bonds. The van der Waals surface area contributed by atoms with Crippen molar-refractivity contribution in [3.8, 4) is 5.75 Å². The minimum absolute atomic E-state index is 0.488. The Morgan fingerprint density at radius 3 is 2.33 bits per heavy atom. The fraction of sp³-hybridized carbons (Fsp3) is 0.250. The topological polar surface area (TPSA) is 52.9 Å². The van der Waals surface area contributed by atoms with E-state index in [1.807, 2.05) is 0 Å². The van der Waals surface area contributed by atoms with E-state index in [0.717, 1.165) is 30.9 Å². The van der Waals surface area contributed by atoms with E-state index in [-0.39, 0.29) is 0 Å². The highest BCUT2D eigenvalue weighted by molar-refractivity contribution is 6.58. The minimum Gasteiger partial charge on any atom is -0.496 e. The molecule has 4 nitrogen and oxygen atoms in total. The number of methoxy groups -OCH3 is 1. The lowest BCUT2D eigenvalue weighted by atomic mass is 9.79. The molecule has 0 aromatic heterocycles. The predicted octanol–water partition coefficient (Wildman–Crippen LogP) is 0.891. The smallest absolute Gasteiger partial charge is 0.488 e. The van der Waals surface area contributed by atoms with Gasteiger partial charge < -0.3 is 14.8 Å². The molecule has 108 valence electrons. The van der Waals surface area contributed by atoms with Crippen LogP contribution in [0.5, 0.6) is 5.75 Å². The van der Waals surface area contributed by atoms with Crippen LogP contribution in [0, 0.1) is 0 Å². The number of nitrogens with zero attached hydrogens (tertiary/aromatic N) is 1. The van der Waals surface area contributed by atoms with Gasteiger partial charge in [0.1, 0.15) is 5.75 Å². The molecular formula is C16H18BNO3. The van der Waals surface area contributed by atoms with E-state index in [0.29, 0.717) is 5.46 Å². The molecule has 0 spiro atoms. The van der Waals surface area contributed by atoms with Gasteiger partial charge in [-0.2, -0.15) is 0 Å². The van der Waals surface area contributed by atoms with Crippen LogP contribution in [0.4, 0.5) is 0 Å². The summed E-state index contributed by atoms with van der Waals surface area (Å²) in [4.78, 5) is 2.32. The predicted molar refractivity (Wildman–Crippen MR) is 82.2 cm³/mol. The van der Waals surface area contributed by atoms with E-state index in [2.05, 4.69) is 29.2 Å². The minimum atomic E-state index is -1.45. The maximum atomic E-state index is 9.32. The summed E-state index contributed by atoms with van der Waals surface area (Å²) in [6.45, 7) is 2.54. The third-order valence-corrected chi connectivity index (χ3v) is 3.90. The summed E-state index contributed by atoms with van der Waals surface area (Å²) < 4.78 is 5.38. The maximum absolute atomic E-state index is 9.32. The monoisotopic (exact) mass is 283 g/mol. The molecule has 0 atom stereocenters. The second-order valence-electron chi connectivity index (χ2n) is 5.36. The first kappa shape index (κ1) is 14.1. The molecular weight excluding hydrogens is 265 g/mol. The summed E-state index contributed by atoms with van der Waals surface area (Å²) in [5.41, 5.74) is 4.17. The van der Waals surface area contributed by atoms with E-state index in [1.165, 1.54) is 11.1 Å². The molecule has 0 radical (unpaired) electrons. The largest absolute Gasteiger partial charge is 0.496 e. The zero-order valence-electron chi connectivity index (χ0n) is 12.0. The van der Waals surface area contributed by atoms with Gasteiger partial charge in [0.2, 0.25) is 0 Å². The van der Waals surface area contributed by atoms with Crippen LogP contribution in [0.25, 0.3) is 0 Å². The normalized spacial score (nSPS) is 14.0. The van der Waals surface area contributed by atoms with Gasteiger partial charge in [-0.15, -0.1) is 0 Å². The van der Waals surface area contributed by atoms with Crippen LogP contribution in [0.3, 0.4) is 0 Å². The Bertz CT molecular complexity index is 620. The number of rotatable bonds is 4. The van der Waals surface area contributed by atoms with Crippen molar-refractivity contribution in [1.29, 1.82) is 0 Å². The molecule has 0 unspecified atom stereocenters. The first-order valence-electron chi connectivity index (χ1n) is 6.99. The molecule has 5 heteroatoms. The van der Waals surface area contributed by atoms with Crippen molar-refractivity contribution >= 4 is 12.6 Å². The van der Waals surface area contributed by atoms with E-state index in [4.69, 9.17) is 4.74 Å². The van der Waals surface area contributed by atoms with Crippen molar-refractivity contribution in [2.45, 2.75) is 19.6 Å². The lowest BCUT2D eigenvalue weighted by Gasteiger charge is -2.18. The zero-order chi connectivity index (χ0) is 14.8. The molecule has 21 heavy (non-hydrogen) atoms. The first-order chi connectivity index (χ1) is 10.2. The highest BCUT2D eigenvalue weighted by Gasteiger charge is 2.21. The molecule has 0 bridgehead atoms. The van der Waals surface area contributed by atoms with Crippen LogP contribution < -0.4 is 10.2 Å². The van der Waals surface area contributed by atoms with Gasteiger partial charge in [-0.3, -0.25) is 4.90 Å². The summed E-state index contributed by atoms with van der Waals surface area (Å²) in [6.07, 6.45) is 0. The average Bonchev–Trinajstić information content (AvgIpc) is 2.89. The van der Waals surface area contributed by atoms with Gasteiger partial charge in [-0.1, -0.05) is 36.4 Å². The van der Waals surface area contributed by atoms with Crippen molar-refractivity contribution in [2.75, 3.05) is 7.11 Å². The van der Waals surface area contributed by atoms with E-state index in [9.17, 15) is 10.0 Å². The van der Waals surface area contributed by atoms with Crippen molar-refractivity contribution in [1.82, 2.24) is 4.90 Å². The van der Waals surface area contributed by atoms with Gasteiger partial charge >= 0.3 is 7.12 Å². The van der Waals surface area contributed by atoms with Gasteiger partial charge in [-0.25, -0.2) is 0 Å². The van der Waals surface area contributed by atoms with E-state index in [1.54, 1.807) is 25.3 Å². The Morgan fingerprint density at radius 1 is 1.10 bits per heavy atom. The SMILES string of the molecule is COc1ccc(B(O)O)cc1CN1Cc2ccccc2C1. The third-order valence-electron chi connectivity index (χ3n) is 3.90. The Morgan fingerprint density at radius 2 is 1.76 bits per heavy atom. The number of hydrogen-bond donors (Lipinski definition) is 2. The van der Waals surface area contributed by atoms with Crippen molar-refractivity contribution in [2.24, 2.45) is 0 Å². The summed E-state index contributed by atoms with van der Waals surface area (Å²) >= 11 is 0. The lowest BCUT2D eigenvalue weighted by Crippen LogP contribution is -2.30. The quantitative estimate of drug-likeness (QED) is 0.818. The van der Waals surface area contributed by atoms with E-state index >= 15 is 0 Å². The summed E-state index contributed by atoms with van der Waals surface area (Å²) in [5, 5.41) is 18.6. The van der Waals surface area contributed by atoms with Crippen LogP contribution >= 0.6 is 0 Å². The second-order valence-corrected chi connectivity index (χ2v) is 5.36.